The predicted octanol–water partition coefficient (Wildman–Crippen LogP) is 3.35. The van der Waals surface area contributed by atoms with Gasteiger partial charge in [0.25, 0.3) is 0 Å². The lowest BCUT2D eigenvalue weighted by atomic mass is 9.95. The monoisotopic (exact) mass is 215 g/mol. The van der Waals surface area contributed by atoms with Gasteiger partial charge in [0.2, 0.25) is 0 Å². The average Bonchev–Trinajstić information content (AvgIpc) is 2.29. The second-order valence-electron chi connectivity index (χ2n) is 4.11. The van der Waals surface area contributed by atoms with Crippen LogP contribution in [0.1, 0.15) is 31.4 Å². The van der Waals surface area contributed by atoms with Crippen molar-refractivity contribution < 1.29 is 5.11 Å². The predicted molar refractivity (Wildman–Crippen MR) is 67.4 cm³/mol. The van der Waals surface area contributed by atoms with Crippen LogP contribution in [0.4, 0.5) is 0 Å². The normalized spacial score (nSPS) is 12.9. The van der Waals surface area contributed by atoms with Gasteiger partial charge in [-0.3, -0.25) is 0 Å². The molecule has 2 aromatic carbocycles. The van der Waals surface area contributed by atoms with Crippen molar-refractivity contribution in [3.8, 4) is 5.75 Å². The van der Waals surface area contributed by atoms with Crippen LogP contribution >= 0.6 is 0 Å². The van der Waals surface area contributed by atoms with E-state index in [1.165, 1.54) is 0 Å². The van der Waals surface area contributed by atoms with Crippen molar-refractivity contribution in [3.63, 3.8) is 0 Å². The highest BCUT2D eigenvalue weighted by molar-refractivity contribution is 5.88. The Balaban J connectivity index is 2.61. The summed E-state index contributed by atoms with van der Waals surface area (Å²) in [4.78, 5) is 0. The van der Waals surface area contributed by atoms with Crippen LogP contribution in [0.3, 0.4) is 0 Å². The number of aromatic hydroxyl groups is 1. The van der Waals surface area contributed by atoms with Gasteiger partial charge in [-0.1, -0.05) is 43.7 Å². The third-order valence-electron chi connectivity index (χ3n) is 2.92. The molecule has 0 aliphatic rings. The molecular formula is C14H17NO. The summed E-state index contributed by atoms with van der Waals surface area (Å²) in [6, 6.07) is 11.6. The van der Waals surface area contributed by atoms with E-state index in [1.807, 2.05) is 30.3 Å². The zero-order valence-electron chi connectivity index (χ0n) is 9.48. The molecule has 0 radical (unpaired) electrons. The Kier molecular flexibility index (Phi) is 3.11. The standard InChI is InChI=1S/C14H17NO/c1-2-5-12(15)14-11-7-4-3-6-10(11)8-9-13(14)16/h3-4,6-9,12,16H,2,5,15H2,1H3/t12-/m0/s1. The van der Waals surface area contributed by atoms with E-state index in [0.717, 1.165) is 29.2 Å². The van der Waals surface area contributed by atoms with Gasteiger partial charge in [0.05, 0.1) is 0 Å². The lowest BCUT2D eigenvalue weighted by molar-refractivity contribution is 0.460. The number of fused-ring (bicyclic) bond motifs is 1. The SMILES string of the molecule is CCC[C@H](N)c1c(O)ccc2ccccc12. The van der Waals surface area contributed by atoms with Gasteiger partial charge in [-0.25, -0.2) is 0 Å². The van der Waals surface area contributed by atoms with Crippen LogP contribution in [-0.4, -0.2) is 5.11 Å². The van der Waals surface area contributed by atoms with Crippen molar-refractivity contribution in [2.75, 3.05) is 0 Å². The van der Waals surface area contributed by atoms with Crippen molar-refractivity contribution in [2.45, 2.75) is 25.8 Å². The van der Waals surface area contributed by atoms with Crippen molar-refractivity contribution in [1.82, 2.24) is 0 Å². The van der Waals surface area contributed by atoms with Crippen LogP contribution < -0.4 is 5.73 Å². The molecule has 2 aromatic rings. The third-order valence-corrected chi connectivity index (χ3v) is 2.92. The molecule has 0 bridgehead atoms. The first-order chi connectivity index (χ1) is 7.74. The molecule has 84 valence electrons. The number of rotatable bonds is 3. The van der Waals surface area contributed by atoms with Crippen molar-refractivity contribution in [1.29, 1.82) is 0 Å². The van der Waals surface area contributed by atoms with Gasteiger partial charge in [0.1, 0.15) is 5.75 Å². The highest BCUT2D eigenvalue weighted by Crippen LogP contribution is 2.32. The van der Waals surface area contributed by atoms with E-state index in [0.29, 0.717) is 5.75 Å². The van der Waals surface area contributed by atoms with Gasteiger partial charge >= 0.3 is 0 Å². The zero-order valence-corrected chi connectivity index (χ0v) is 9.48. The lowest BCUT2D eigenvalue weighted by Crippen LogP contribution is -2.10. The highest BCUT2D eigenvalue weighted by Gasteiger charge is 2.13. The molecule has 2 heteroatoms. The Labute approximate surface area is 95.7 Å². The molecule has 1 atom stereocenters. The summed E-state index contributed by atoms with van der Waals surface area (Å²) in [6.45, 7) is 2.10. The lowest BCUT2D eigenvalue weighted by Gasteiger charge is -2.15. The Hall–Kier alpha value is -1.54. The average molecular weight is 215 g/mol. The Morgan fingerprint density at radius 2 is 1.94 bits per heavy atom. The molecule has 0 unspecified atom stereocenters. The summed E-state index contributed by atoms with van der Waals surface area (Å²) in [6.07, 6.45) is 1.91. The smallest absolute Gasteiger partial charge is 0.120 e. The van der Waals surface area contributed by atoms with Gasteiger partial charge < -0.3 is 10.8 Å². The van der Waals surface area contributed by atoms with Gasteiger partial charge in [-0.05, 0) is 23.3 Å². The van der Waals surface area contributed by atoms with Crippen LogP contribution in [0, 0.1) is 0 Å². The fourth-order valence-electron chi connectivity index (χ4n) is 2.13. The quantitative estimate of drug-likeness (QED) is 0.824. The van der Waals surface area contributed by atoms with Crippen LogP contribution in [0.15, 0.2) is 36.4 Å². The van der Waals surface area contributed by atoms with Crippen LogP contribution in [0.2, 0.25) is 0 Å². The van der Waals surface area contributed by atoms with Crippen molar-refractivity contribution in [3.05, 3.63) is 42.0 Å². The summed E-state index contributed by atoms with van der Waals surface area (Å²) in [5.41, 5.74) is 6.99. The molecule has 0 heterocycles. The number of benzene rings is 2. The molecule has 0 aliphatic carbocycles. The Bertz CT molecular complexity index is 493. The van der Waals surface area contributed by atoms with Crippen LogP contribution in [0.5, 0.6) is 5.75 Å². The molecule has 0 fully saturated rings. The molecule has 0 saturated heterocycles. The largest absolute Gasteiger partial charge is 0.508 e. The third kappa shape index (κ3) is 1.89. The maximum absolute atomic E-state index is 9.93. The first kappa shape index (κ1) is 11.0. The summed E-state index contributed by atoms with van der Waals surface area (Å²) >= 11 is 0. The number of phenolic OH excluding ortho intramolecular Hbond substituents is 1. The molecule has 16 heavy (non-hydrogen) atoms. The molecule has 2 rings (SSSR count). The molecular weight excluding hydrogens is 198 g/mol. The molecule has 0 saturated carbocycles. The molecule has 2 nitrogen and oxygen atoms in total. The topological polar surface area (TPSA) is 46.2 Å². The molecule has 3 N–H and O–H groups in total. The maximum Gasteiger partial charge on any atom is 0.120 e. The van der Waals surface area contributed by atoms with E-state index in [-0.39, 0.29) is 6.04 Å². The minimum Gasteiger partial charge on any atom is -0.508 e. The first-order valence-electron chi connectivity index (χ1n) is 5.70. The fourth-order valence-corrected chi connectivity index (χ4v) is 2.13. The Morgan fingerprint density at radius 1 is 1.19 bits per heavy atom. The molecule has 0 aromatic heterocycles. The van der Waals surface area contributed by atoms with Gasteiger partial charge in [-0.15, -0.1) is 0 Å². The van der Waals surface area contributed by atoms with Gasteiger partial charge in [-0.2, -0.15) is 0 Å². The minimum atomic E-state index is -0.0869. The molecule has 0 spiro atoms. The minimum absolute atomic E-state index is 0.0869. The second-order valence-corrected chi connectivity index (χ2v) is 4.11. The van der Waals surface area contributed by atoms with E-state index < -0.39 is 0 Å². The van der Waals surface area contributed by atoms with E-state index in [9.17, 15) is 5.11 Å². The summed E-state index contributed by atoms with van der Waals surface area (Å²) < 4.78 is 0. The van der Waals surface area contributed by atoms with Crippen LogP contribution in [0.25, 0.3) is 10.8 Å². The van der Waals surface area contributed by atoms with E-state index >= 15 is 0 Å². The number of nitrogens with two attached hydrogens (primary N) is 1. The first-order valence-corrected chi connectivity index (χ1v) is 5.70. The number of hydrogen-bond acceptors (Lipinski definition) is 2. The molecule has 0 aliphatic heterocycles. The van der Waals surface area contributed by atoms with Gasteiger partial charge in [0, 0.05) is 11.6 Å². The van der Waals surface area contributed by atoms with Gasteiger partial charge in [0.15, 0.2) is 0 Å². The summed E-state index contributed by atoms with van der Waals surface area (Å²) in [7, 11) is 0. The summed E-state index contributed by atoms with van der Waals surface area (Å²) in [5, 5.41) is 12.1. The summed E-state index contributed by atoms with van der Waals surface area (Å²) in [5.74, 6) is 0.305. The molecule has 0 amide bonds. The van der Waals surface area contributed by atoms with Crippen LogP contribution in [-0.2, 0) is 0 Å². The number of hydrogen-bond donors (Lipinski definition) is 2. The fraction of sp³-hybridized carbons (Fsp3) is 0.286. The second kappa shape index (κ2) is 4.54. The van der Waals surface area contributed by atoms with E-state index in [1.54, 1.807) is 6.07 Å². The number of phenols is 1. The van der Waals surface area contributed by atoms with Crippen molar-refractivity contribution in [2.24, 2.45) is 5.73 Å². The Morgan fingerprint density at radius 3 is 2.69 bits per heavy atom. The highest BCUT2D eigenvalue weighted by atomic mass is 16.3. The zero-order chi connectivity index (χ0) is 11.5. The van der Waals surface area contributed by atoms with E-state index in [2.05, 4.69) is 6.92 Å². The maximum atomic E-state index is 9.93. The van der Waals surface area contributed by atoms with E-state index in [4.69, 9.17) is 5.73 Å². The van der Waals surface area contributed by atoms with Crippen molar-refractivity contribution >= 4 is 10.8 Å².